The van der Waals surface area contributed by atoms with Crippen molar-refractivity contribution >= 4 is 11.6 Å². The Kier molecular flexibility index (Phi) is 5.08. The number of nitrogens with zero attached hydrogens (tertiary/aromatic N) is 1. The molecule has 1 aliphatic heterocycles. The lowest BCUT2D eigenvalue weighted by atomic mass is 10.1. The summed E-state index contributed by atoms with van der Waals surface area (Å²) in [6.07, 6.45) is -3.84. The van der Waals surface area contributed by atoms with Crippen molar-refractivity contribution < 1.29 is 18.0 Å². The van der Waals surface area contributed by atoms with Crippen LogP contribution in [0.3, 0.4) is 0 Å². The summed E-state index contributed by atoms with van der Waals surface area (Å²) < 4.78 is 39.1. The maximum absolute atomic E-state index is 13.0. The van der Waals surface area contributed by atoms with Crippen LogP contribution >= 0.6 is 0 Å². The fraction of sp³-hybridized carbons (Fsp3) is 0.316. The Morgan fingerprint density at radius 3 is 2.48 bits per heavy atom. The van der Waals surface area contributed by atoms with Crippen molar-refractivity contribution in [3.05, 3.63) is 65.7 Å². The van der Waals surface area contributed by atoms with Crippen molar-refractivity contribution in [2.45, 2.75) is 19.1 Å². The van der Waals surface area contributed by atoms with Crippen molar-refractivity contribution in [3.8, 4) is 0 Å². The van der Waals surface area contributed by atoms with Gasteiger partial charge in [-0.1, -0.05) is 42.5 Å². The van der Waals surface area contributed by atoms with Crippen LogP contribution in [-0.2, 0) is 17.5 Å². The van der Waals surface area contributed by atoms with Crippen molar-refractivity contribution in [2.75, 3.05) is 18.4 Å². The van der Waals surface area contributed by atoms with Crippen molar-refractivity contribution in [1.82, 2.24) is 4.90 Å². The summed E-state index contributed by atoms with van der Waals surface area (Å²) in [5.74, 6) is -0.655. The zero-order valence-corrected chi connectivity index (χ0v) is 13.6. The minimum atomic E-state index is -4.49. The quantitative estimate of drug-likeness (QED) is 0.900. The lowest BCUT2D eigenvalue weighted by Crippen LogP contribution is -2.27. The fourth-order valence-corrected chi connectivity index (χ4v) is 3.11. The number of likely N-dealkylation sites (tertiary alicyclic amines) is 1. The average Bonchev–Trinajstić information content (AvgIpc) is 3.04. The Labute approximate surface area is 144 Å². The van der Waals surface area contributed by atoms with Crippen molar-refractivity contribution in [2.24, 2.45) is 5.92 Å². The first kappa shape index (κ1) is 17.5. The molecule has 0 aromatic heterocycles. The molecule has 2 aromatic rings. The van der Waals surface area contributed by atoms with E-state index in [9.17, 15) is 18.0 Å². The number of carbonyl (C=O) groups is 1. The topological polar surface area (TPSA) is 32.3 Å². The number of benzene rings is 2. The van der Waals surface area contributed by atoms with E-state index in [1.54, 1.807) is 0 Å². The molecule has 6 heteroatoms. The maximum Gasteiger partial charge on any atom is 0.418 e. The number of rotatable bonds is 4. The molecular weight excluding hydrogens is 329 g/mol. The highest BCUT2D eigenvalue weighted by atomic mass is 19.4. The zero-order valence-electron chi connectivity index (χ0n) is 13.6. The molecular formula is C19H19F3N2O. The molecule has 2 aromatic carbocycles. The number of alkyl halides is 3. The molecule has 3 rings (SSSR count). The molecule has 132 valence electrons. The van der Waals surface area contributed by atoms with Crippen LogP contribution in [0, 0.1) is 5.92 Å². The highest BCUT2D eigenvalue weighted by Gasteiger charge is 2.35. The van der Waals surface area contributed by atoms with Gasteiger partial charge in [0.15, 0.2) is 0 Å². The molecule has 1 atom stereocenters. The molecule has 1 heterocycles. The van der Waals surface area contributed by atoms with E-state index in [1.165, 1.54) is 18.2 Å². The Balaban J connectivity index is 1.62. The van der Waals surface area contributed by atoms with Gasteiger partial charge in [-0.05, 0) is 30.7 Å². The molecule has 1 saturated heterocycles. The maximum atomic E-state index is 13.0. The standard InChI is InChI=1S/C19H19F3N2O/c20-19(21,22)16-8-4-5-9-17(16)23-18(25)15-10-11-24(13-15)12-14-6-2-1-3-7-14/h1-9,15H,10-13H2,(H,23,25). The van der Waals surface area contributed by atoms with Gasteiger partial charge in [0.25, 0.3) is 0 Å². The lowest BCUT2D eigenvalue weighted by molar-refractivity contribution is -0.137. The van der Waals surface area contributed by atoms with Gasteiger partial charge in [0, 0.05) is 13.1 Å². The first-order valence-corrected chi connectivity index (χ1v) is 8.17. The number of hydrogen-bond acceptors (Lipinski definition) is 2. The molecule has 3 nitrogen and oxygen atoms in total. The van der Waals surface area contributed by atoms with Gasteiger partial charge in [0.05, 0.1) is 17.2 Å². The Morgan fingerprint density at radius 1 is 1.08 bits per heavy atom. The number of para-hydroxylation sites is 1. The molecule has 0 spiro atoms. The predicted molar refractivity (Wildman–Crippen MR) is 89.9 cm³/mol. The Hall–Kier alpha value is -2.34. The average molecular weight is 348 g/mol. The van der Waals surface area contributed by atoms with Crippen LogP contribution in [0.1, 0.15) is 17.5 Å². The van der Waals surface area contributed by atoms with E-state index in [1.807, 2.05) is 30.3 Å². The van der Waals surface area contributed by atoms with Gasteiger partial charge < -0.3 is 5.32 Å². The van der Waals surface area contributed by atoms with Gasteiger partial charge in [-0.25, -0.2) is 0 Å². The molecule has 0 radical (unpaired) electrons. The van der Waals surface area contributed by atoms with E-state index in [0.717, 1.165) is 24.7 Å². The van der Waals surface area contributed by atoms with Gasteiger partial charge in [-0.15, -0.1) is 0 Å². The van der Waals surface area contributed by atoms with Crippen LogP contribution in [-0.4, -0.2) is 23.9 Å². The van der Waals surface area contributed by atoms with Crippen LogP contribution < -0.4 is 5.32 Å². The number of hydrogen-bond donors (Lipinski definition) is 1. The van der Waals surface area contributed by atoms with Gasteiger partial charge >= 0.3 is 6.18 Å². The summed E-state index contributed by atoms with van der Waals surface area (Å²) in [6, 6.07) is 15.0. The van der Waals surface area contributed by atoms with E-state index >= 15 is 0 Å². The second-order valence-corrected chi connectivity index (χ2v) is 6.24. The van der Waals surface area contributed by atoms with Crippen molar-refractivity contribution in [3.63, 3.8) is 0 Å². The van der Waals surface area contributed by atoms with Gasteiger partial charge in [-0.2, -0.15) is 13.2 Å². The molecule has 25 heavy (non-hydrogen) atoms. The van der Waals surface area contributed by atoms with Gasteiger partial charge in [-0.3, -0.25) is 9.69 Å². The van der Waals surface area contributed by atoms with Crippen LogP contribution in [0.15, 0.2) is 54.6 Å². The highest BCUT2D eigenvalue weighted by Crippen LogP contribution is 2.35. The number of nitrogens with one attached hydrogen (secondary N) is 1. The van der Waals surface area contributed by atoms with Gasteiger partial charge in [0.2, 0.25) is 5.91 Å². The smallest absolute Gasteiger partial charge is 0.325 e. The van der Waals surface area contributed by atoms with Crippen LogP contribution in [0.2, 0.25) is 0 Å². The zero-order chi connectivity index (χ0) is 17.9. The van der Waals surface area contributed by atoms with Crippen LogP contribution in [0.4, 0.5) is 18.9 Å². The molecule has 0 saturated carbocycles. The molecule has 1 aliphatic rings. The van der Waals surface area contributed by atoms with E-state index in [-0.39, 0.29) is 17.5 Å². The molecule has 1 fully saturated rings. The van der Waals surface area contributed by atoms with E-state index < -0.39 is 11.7 Å². The third-order valence-corrected chi connectivity index (χ3v) is 4.38. The first-order valence-electron chi connectivity index (χ1n) is 8.17. The summed E-state index contributed by atoms with van der Waals surface area (Å²) in [5, 5.41) is 2.46. The van der Waals surface area contributed by atoms with E-state index in [4.69, 9.17) is 0 Å². The Morgan fingerprint density at radius 2 is 1.76 bits per heavy atom. The monoisotopic (exact) mass is 348 g/mol. The third-order valence-electron chi connectivity index (χ3n) is 4.38. The Bertz CT molecular complexity index is 731. The van der Waals surface area contributed by atoms with Crippen LogP contribution in [0.25, 0.3) is 0 Å². The second-order valence-electron chi connectivity index (χ2n) is 6.24. The molecule has 1 unspecified atom stereocenters. The van der Waals surface area contributed by atoms with E-state index in [0.29, 0.717) is 13.0 Å². The normalized spacial score (nSPS) is 18.3. The SMILES string of the molecule is O=C(Nc1ccccc1C(F)(F)F)C1CCN(Cc2ccccc2)C1. The number of amides is 1. The third kappa shape index (κ3) is 4.39. The second kappa shape index (κ2) is 7.27. The molecule has 0 aliphatic carbocycles. The van der Waals surface area contributed by atoms with Crippen LogP contribution in [0.5, 0.6) is 0 Å². The summed E-state index contributed by atoms with van der Waals surface area (Å²) in [7, 11) is 0. The largest absolute Gasteiger partial charge is 0.418 e. The van der Waals surface area contributed by atoms with Gasteiger partial charge in [0.1, 0.15) is 0 Å². The number of anilines is 1. The predicted octanol–water partition coefficient (Wildman–Crippen LogP) is 4.17. The summed E-state index contributed by atoms with van der Waals surface area (Å²) in [5.41, 5.74) is 0.162. The lowest BCUT2D eigenvalue weighted by Gasteiger charge is -2.17. The van der Waals surface area contributed by atoms with Crippen molar-refractivity contribution in [1.29, 1.82) is 0 Å². The molecule has 1 N–H and O–H groups in total. The summed E-state index contributed by atoms with van der Waals surface area (Å²) in [6.45, 7) is 2.05. The first-order chi connectivity index (χ1) is 11.9. The van der Waals surface area contributed by atoms with E-state index in [2.05, 4.69) is 10.2 Å². The fourth-order valence-electron chi connectivity index (χ4n) is 3.11. The highest BCUT2D eigenvalue weighted by molar-refractivity contribution is 5.93. The molecule has 1 amide bonds. The minimum absolute atomic E-state index is 0.179. The molecule has 0 bridgehead atoms. The summed E-state index contributed by atoms with van der Waals surface area (Å²) in [4.78, 5) is 14.5. The summed E-state index contributed by atoms with van der Waals surface area (Å²) >= 11 is 0. The number of carbonyl (C=O) groups excluding carboxylic acids is 1. The number of halogens is 3. The minimum Gasteiger partial charge on any atom is -0.325 e.